The molecule has 0 bridgehead atoms. The van der Waals surface area contributed by atoms with Gasteiger partial charge in [0.05, 0.1) is 6.20 Å². The quantitative estimate of drug-likeness (QED) is 0.793. The highest BCUT2D eigenvalue weighted by molar-refractivity contribution is 7.99. The van der Waals surface area contributed by atoms with Crippen LogP contribution in [0.3, 0.4) is 0 Å². The van der Waals surface area contributed by atoms with Gasteiger partial charge in [0.15, 0.2) is 0 Å². The molecule has 1 aromatic heterocycles. The molecule has 1 N–H and O–H groups in total. The molecule has 3 nitrogen and oxygen atoms in total. The Bertz CT molecular complexity index is 296. The fraction of sp³-hybridized carbons (Fsp3) is 0.750. The number of hydrogen-bond acceptors (Lipinski definition) is 3. The minimum Gasteiger partial charge on any atom is -0.316 e. The summed E-state index contributed by atoms with van der Waals surface area (Å²) in [6.45, 7) is 7.55. The molecule has 0 saturated carbocycles. The number of aryl methyl sites for hydroxylation is 1. The molecule has 0 spiro atoms. The Morgan fingerprint density at radius 2 is 2.25 bits per heavy atom. The van der Waals surface area contributed by atoms with Gasteiger partial charge in [-0.05, 0) is 31.2 Å². The third-order valence-electron chi connectivity index (χ3n) is 2.53. The van der Waals surface area contributed by atoms with Crippen molar-refractivity contribution in [2.75, 3.05) is 12.8 Å². The highest BCUT2D eigenvalue weighted by atomic mass is 32.2. The van der Waals surface area contributed by atoms with Gasteiger partial charge in [0, 0.05) is 24.5 Å². The first-order valence-corrected chi connectivity index (χ1v) is 7.00. The Hall–Kier alpha value is -0.480. The first kappa shape index (κ1) is 13.6. The monoisotopic (exact) mass is 241 g/mol. The van der Waals surface area contributed by atoms with Crippen LogP contribution in [0, 0.1) is 0 Å². The number of aromatic nitrogens is 2. The van der Waals surface area contributed by atoms with Gasteiger partial charge in [-0.25, -0.2) is 0 Å². The van der Waals surface area contributed by atoms with Gasteiger partial charge >= 0.3 is 0 Å². The lowest BCUT2D eigenvalue weighted by Crippen LogP contribution is -2.30. The van der Waals surface area contributed by atoms with Gasteiger partial charge in [0.1, 0.15) is 0 Å². The Morgan fingerprint density at radius 3 is 2.75 bits per heavy atom. The summed E-state index contributed by atoms with van der Waals surface area (Å²) in [5, 5.41) is 8.38. The predicted molar refractivity (Wildman–Crippen MR) is 72.0 cm³/mol. The van der Waals surface area contributed by atoms with Crippen LogP contribution in [0.25, 0.3) is 0 Å². The number of thioether (sulfide) groups is 1. The van der Waals surface area contributed by atoms with Crippen LogP contribution in [-0.4, -0.2) is 33.9 Å². The van der Waals surface area contributed by atoms with E-state index in [0.717, 1.165) is 18.7 Å². The Kier molecular flexibility index (Phi) is 5.91. The summed E-state index contributed by atoms with van der Waals surface area (Å²) in [5.74, 6) is 1.16. The topological polar surface area (TPSA) is 29.9 Å². The maximum atomic E-state index is 4.30. The average molecular weight is 241 g/mol. The zero-order valence-corrected chi connectivity index (χ0v) is 11.5. The van der Waals surface area contributed by atoms with Gasteiger partial charge < -0.3 is 5.32 Å². The molecule has 0 fully saturated rings. The first-order valence-electron chi connectivity index (χ1n) is 5.95. The molecule has 1 rings (SSSR count). The lowest BCUT2D eigenvalue weighted by molar-refractivity contribution is 0.614. The van der Waals surface area contributed by atoms with Crippen molar-refractivity contribution < 1.29 is 0 Å². The molecule has 0 radical (unpaired) electrons. The smallest absolute Gasteiger partial charge is 0.0522 e. The molecule has 1 heterocycles. The van der Waals surface area contributed by atoms with Crippen LogP contribution in [0.4, 0.5) is 0 Å². The zero-order valence-electron chi connectivity index (χ0n) is 10.7. The molecule has 4 heteroatoms. The van der Waals surface area contributed by atoms with E-state index in [9.17, 15) is 0 Å². The van der Waals surface area contributed by atoms with Crippen molar-refractivity contribution >= 4 is 11.8 Å². The summed E-state index contributed by atoms with van der Waals surface area (Å²) >= 11 is 2.01. The molecular formula is C12H23N3S. The second-order valence-corrected chi connectivity index (χ2v) is 5.89. The summed E-state index contributed by atoms with van der Waals surface area (Å²) < 4.78 is 1.98. The molecule has 16 heavy (non-hydrogen) atoms. The van der Waals surface area contributed by atoms with Gasteiger partial charge in [-0.15, -0.1) is 0 Å². The highest BCUT2D eigenvalue weighted by Gasteiger charge is 2.09. The Morgan fingerprint density at radius 1 is 1.50 bits per heavy atom. The van der Waals surface area contributed by atoms with E-state index >= 15 is 0 Å². The minimum absolute atomic E-state index is 0.543. The van der Waals surface area contributed by atoms with Crippen molar-refractivity contribution in [1.82, 2.24) is 15.1 Å². The van der Waals surface area contributed by atoms with Gasteiger partial charge in [-0.2, -0.15) is 16.9 Å². The van der Waals surface area contributed by atoms with E-state index in [4.69, 9.17) is 0 Å². The van der Waals surface area contributed by atoms with E-state index < -0.39 is 0 Å². The standard InChI is InChI=1S/C12H23N3S/c1-5-15-8-11(7-14-15)6-12(13-4)9-16-10(2)3/h7-8,10,12-13H,5-6,9H2,1-4H3. The van der Waals surface area contributed by atoms with Crippen molar-refractivity contribution in [2.24, 2.45) is 0 Å². The second kappa shape index (κ2) is 6.97. The van der Waals surface area contributed by atoms with Gasteiger partial charge in [-0.3, -0.25) is 4.68 Å². The van der Waals surface area contributed by atoms with Crippen molar-refractivity contribution in [2.45, 2.75) is 45.0 Å². The normalized spacial score (nSPS) is 13.3. The number of nitrogens with one attached hydrogen (secondary N) is 1. The fourth-order valence-electron chi connectivity index (χ4n) is 1.52. The molecule has 0 aliphatic carbocycles. The zero-order chi connectivity index (χ0) is 12.0. The van der Waals surface area contributed by atoms with Gasteiger partial charge in [0.25, 0.3) is 0 Å². The predicted octanol–water partition coefficient (Wildman–Crippen LogP) is 2.18. The van der Waals surface area contributed by atoms with E-state index in [1.165, 1.54) is 5.56 Å². The molecule has 0 aliphatic rings. The molecule has 1 aromatic rings. The van der Waals surface area contributed by atoms with E-state index in [0.29, 0.717) is 11.3 Å². The highest BCUT2D eigenvalue weighted by Crippen LogP contribution is 2.13. The molecule has 0 aliphatic heterocycles. The molecule has 92 valence electrons. The van der Waals surface area contributed by atoms with Crippen LogP contribution in [-0.2, 0) is 13.0 Å². The third kappa shape index (κ3) is 4.58. The number of hydrogen-bond donors (Lipinski definition) is 1. The largest absolute Gasteiger partial charge is 0.316 e. The number of likely N-dealkylation sites (N-methyl/N-ethyl adjacent to an activating group) is 1. The fourth-order valence-corrected chi connectivity index (χ4v) is 2.42. The van der Waals surface area contributed by atoms with Crippen molar-refractivity contribution in [1.29, 1.82) is 0 Å². The van der Waals surface area contributed by atoms with Crippen LogP contribution in [0.2, 0.25) is 0 Å². The first-order chi connectivity index (χ1) is 7.65. The molecule has 1 unspecified atom stereocenters. The van der Waals surface area contributed by atoms with E-state index in [1.807, 2.05) is 29.7 Å². The molecule has 1 atom stereocenters. The Balaban J connectivity index is 2.42. The van der Waals surface area contributed by atoms with Crippen LogP contribution >= 0.6 is 11.8 Å². The molecule has 0 saturated heterocycles. The summed E-state index contributed by atoms with van der Waals surface area (Å²) in [6.07, 6.45) is 5.19. The summed E-state index contributed by atoms with van der Waals surface area (Å²) in [5.41, 5.74) is 1.32. The minimum atomic E-state index is 0.543. The van der Waals surface area contributed by atoms with Gasteiger partial charge in [0.2, 0.25) is 0 Å². The SMILES string of the molecule is CCn1cc(CC(CSC(C)C)NC)cn1. The second-order valence-electron chi connectivity index (χ2n) is 4.28. The molecular weight excluding hydrogens is 218 g/mol. The van der Waals surface area contributed by atoms with E-state index in [1.54, 1.807) is 0 Å². The van der Waals surface area contributed by atoms with Gasteiger partial charge in [-0.1, -0.05) is 13.8 Å². The van der Waals surface area contributed by atoms with Crippen molar-refractivity contribution in [3.63, 3.8) is 0 Å². The van der Waals surface area contributed by atoms with Crippen molar-refractivity contribution in [3.8, 4) is 0 Å². The summed E-state index contributed by atoms with van der Waals surface area (Å²) in [7, 11) is 2.04. The van der Waals surface area contributed by atoms with Crippen LogP contribution < -0.4 is 5.32 Å². The number of nitrogens with zero attached hydrogens (tertiary/aromatic N) is 2. The van der Waals surface area contributed by atoms with Crippen LogP contribution in [0.15, 0.2) is 12.4 Å². The van der Waals surface area contributed by atoms with E-state index in [-0.39, 0.29) is 0 Å². The lowest BCUT2D eigenvalue weighted by Gasteiger charge is -2.16. The third-order valence-corrected chi connectivity index (χ3v) is 3.79. The maximum Gasteiger partial charge on any atom is 0.0522 e. The lowest BCUT2D eigenvalue weighted by atomic mass is 10.1. The Labute approximate surface area is 103 Å². The number of rotatable bonds is 7. The van der Waals surface area contributed by atoms with Crippen LogP contribution in [0.1, 0.15) is 26.3 Å². The molecule has 0 amide bonds. The summed E-state index contributed by atoms with van der Waals surface area (Å²) in [4.78, 5) is 0. The van der Waals surface area contributed by atoms with Crippen molar-refractivity contribution in [3.05, 3.63) is 18.0 Å². The van der Waals surface area contributed by atoms with E-state index in [2.05, 4.69) is 37.4 Å². The average Bonchev–Trinajstić information content (AvgIpc) is 2.71. The van der Waals surface area contributed by atoms with Crippen LogP contribution in [0.5, 0.6) is 0 Å². The maximum absolute atomic E-state index is 4.30. The molecule has 0 aromatic carbocycles. The summed E-state index contributed by atoms with van der Waals surface area (Å²) in [6, 6.07) is 0.543.